The van der Waals surface area contributed by atoms with E-state index in [0.29, 0.717) is 6.04 Å². The molecule has 3 rings (SSSR count). The van der Waals surface area contributed by atoms with Crippen molar-refractivity contribution >= 4 is 23.0 Å². The molecule has 0 spiro atoms. The molecule has 1 aromatic carbocycles. The number of para-hydroxylation sites is 1. The van der Waals surface area contributed by atoms with Crippen LogP contribution in [0.1, 0.15) is 18.4 Å². The molecule has 2 aliphatic rings. The van der Waals surface area contributed by atoms with E-state index in [1.807, 2.05) is 6.07 Å². The summed E-state index contributed by atoms with van der Waals surface area (Å²) in [5.41, 5.74) is 2.50. The van der Waals surface area contributed by atoms with Gasteiger partial charge in [0.15, 0.2) is 5.11 Å². The van der Waals surface area contributed by atoms with Crippen molar-refractivity contribution < 1.29 is 0 Å². The standard InChI is InChI=1S/C13H16N3S/c17-13-15-12-4-2-1-3-10(12)9-16(13)11-5-7-14-8-6-11/h1-4,11H,5-9H2,(H,15,17). The summed E-state index contributed by atoms with van der Waals surface area (Å²) >= 11 is 5.47. The zero-order valence-electron chi connectivity index (χ0n) is 9.72. The first-order chi connectivity index (χ1) is 8.34. The van der Waals surface area contributed by atoms with Crippen molar-refractivity contribution in [1.29, 1.82) is 0 Å². The van der Waals surface area contributed by atoms with Gasteiger partial charge in [-0.05, 0) is 36.7 Å². The van der Waals surface area contributed by atoms with Gasteiger partial charge in [-0.1, -0.05) is 18.2 Å². The SMILES string of the molecule is S=C1Nc2ccccc2CN1C1CC[N]CC1. The highest BCUT2D eigenvalue weighted by atomic mass is 32.1. The third-order valence-electron chi connectivity index (χ3n) is 3.54. The van der Waals surface area contributed by atoms with Crippen LogP contribution in [0, 0.1) is 0 Å². The highest BCUT2D eigenvalue weighted by Crippen LogP contribution is 2.26. The van der Waals surface area contributed by atoms with Crippen molar-refractivity contribution in [2.75, 3.05) is 18.4 Å². The predicted molar refractivity (Wildman–Crippen MR) is 73.1 cm³/mol. The monoisotopic (exact) mass is 246 g/mol. The van der Waals surface area contributed by atoms with Crippen LogP contribution in [0.2, 0.25) is 0 Å². The van der Waals surface area contributed by atoms with Gasteiger partial charge < -0.3 is 10.2 Å². The largest absolute Gasteiger partial charge is 0.342 e. The van der Waals surface area contributed by atoms with Crippen molar-refractivity contribution in [3.8, 4) is 0 Å². The summed E-state index contributed by atoms with van der Waals surface area (Å²) in [6.45, 7) is 2.89. The minimum atomic E-state index is 0.556. The molecule has 2 heterocycles. The van der Waals surface area contributed by atoms with Crippen LogP contribution < -0.4 is 10.6 Å². The van der Waals surface area contributed by atoms with Crippen LogP contribution in [0.4, 0.5) is 5.69 Å². The van der Waals surface area contributed by atoms with E-state index in [1.54, 1.807) is 0 Å². The van der Waals surface area contributed by atoms with Crippen LogP contribution in [0.25, 0.3) is 0 Å². The van der Waals surface area contributed by atoms with E-state index in [2.05, 4.69) is 33.7 Å². The van der Waals surface area contributed by atoms with Gasteiger partial charge in [0.1, 0.15) is 0 Å². The first-order valence-electron chi connectivity index (χ1n) is 6.13. The molecule has 3 nitrogen and oxygen atoms in total. The van der Waals surface area contributed by atoms with Gasteiger partial charge in [-0.15, -0.1) is 0 Å². The minimum absolute atomic E-state index is 0.556. The summed E-state index contributed by atoms with van der Waals surface area (Å²) < 4.78 is 0. The van der Waals surface area contributed by atoms with Gasteiger partial charge in [-0.25, -0.2) is 5.32 Å². The van der Waals surface area contributed by atoms with Crippen LogP contribution >= 0.6 is 12.2 Å². The summed E-state index contributed by atoms with van der Waals surface area (Å²) in [5.74, 6) is 0. The Morgan fingerprint density at radius 2 is 2.00 bits per heavy atom. The minimum Gasteiger partial charge on any atom is -0.342 e. The molecule has 0 aromatic heterocycles. The molecule has 0 aliphatic carbocycles. The normalized spacial score (nSPS) is 20.9. The Morgan fingerprint density at radius 1 is 1.24 bits per heavy atom. The van der Waals surface area contributed by atoms with E-state index in [4.69, 9.17) is 12.2 Å². The summed E-state index contributed by atoms with van der Waals surface area (Å²) in [5, 5.41) is 8.61. The van der Waals surface area contributed by atoms with Gasteiger partial charge in [0.05, 0.1) is 0 Å². The molecule has 1 N–H and O–H groups in total. The zero-order valence-corrected chi connectivity index (χ0v) is 10.5. The van der Waals surface area contributed by atoms with Crippen LogP contribution in [-0.2, 0) is 6.54 Å². The Kier molecular flexibility index (Phi) is 2.99. The maximum Gasteiger partial charge on any atom is 0.173 e. The van der Waals surface area contributed by atoms with E-state index < -0.39 is 0 Å². The summed E-state index contributed by atoms with van der Waals surface area (Å²) in [6, 6.07) is 8.95. The van der Waals surface area contributed by atoms with E-state index in [1.165, 1.54) is 5.56 Å². The third kappa shape index (κ3) is 2.15. The number of thiocarbonyl (C=S) groups is 1. The lowest BCUT2D eigenvalue weighted by Crippen LogP contribution is -2.48. The quantitative estimate of drug-likeness (QED) is 0.768. The van der Waals surface area contributed by atoms with Crippen molar-refractivity contribution in [2.24, 2.45) is 0 Å². The highest BCUT2D eigenvalue weighted by molar-refractivity contribution is 7.80. The van der Waals surface area contributed by atoms with E-state index in [-0.39, 0.29) is 0 Å². The van der Waals surface area contributed by atoms with Gasteiger partial charge in [-0.3, -0.25) is 0 Å². The van der Waals surface area contributed by atoms with Crippen LogP contribution in [0.5, 0.6) is 0 Å². The number of hydrogen-bond acceptors (Lipinski definition) is 1. The number of fused-ring (bicyclic) bond motifs is 1. The Bertz CT molecular complexity index is 426. The second kappa shape index (κ2) is 4.63. The van der Waals surface area contributed by atoms with Gasteiger partial charge in [0.2, 0.25) is 0 Å². The Labute approximate surface area is 107 Å². The van der Waals surface area contributed by atoms with E-state index in [0.717, 1.165) is 43.3 Å². The Hall–Kier alpha value is -1.13. The van der Waals surface area contributed by atoms with Crippen molar-refractivity contribution in [3.63, 3.8) is 0 Å². The lowest BCUT2D eigenvalue weighted by Gasteiger charge is -2.39. The van der Waals surface area contributed by atoms with Gasteiger partial charge in [0.25, 0.3) is 0 Å². The van der Waals surface area contributed by atoms with Gasteiger partial charge in [-0.2, -0.15) is 0 Å². The van der Waals surface area contributed by atoms with Crippen molar-refractivity contribution in [1.82, 2.24) is 10.2 Å². The number of nitrogens with zero attached hydrogens (tertiary/aromatic N) is 2. The maximum absolute atomic E-state index is 5.47. The fourth-order valence-electron chi connectivity index (χ4n) is 2.57. The third-order valence-corrected chi connectivity index (χ3v) is 3.88. The molecule has 0 amide bonds. The molecular formula is C13H16N3S. The van der Waals surface area contributed by atoms with Crippen molar-refractivity contribution in [2.45, 2.75) is 25.4 Å². The maximum atomic E-state index is 5.47. The molecule has 0 unspecified atom stereocenters. The van der Waals surface area contributed by atoms with Crippen LogP contribution in [0.15, 0.2) is 24.3 Å². The fraction of sp³-hybridized carbons (Fsp3) is 0.462. The molecule has 0 saturated carbocycles. The van der Waals surface area contributed by atoms with Crippen molar-refractivity contribution in [3.05, 3.63) is 29.8 Å². The smallest absolute Gasteiger partial charge is 0.173 e. The number of nitrogens with one attached hydrogen (secondary N) is 1. The predicted octanol–water partition coefficient (Wildman–Crippen LogP) is 1.97. The average molecular weight is 246 g/mol. The molecule has 0 atom stereocenters. The molecule has 1 fully saturated rings. The number of hydrogen-bond donors (Lipinski definition) is 1. The lowest BCUT2D eigenvalue weighted by atomic mass is 10.0. The Balaban J connectivity index is 1.81. The summed E-state index contributed by atoms with van der Waals surface area (Å²) in [7, 11) is 0. The number of piperidine rings is 1. The topological polar surface area (TPSA) is 29.4 Å². The van der Waals surface area contributed by atoms with Gasteiger partial charge >= 0.3 is 0 Å². The molecule has 1 saturated heterocycles. The first-order valence-corrected chi connectivity index (χ1v) is 6.54. The molecule has 1 radical (unpaired) electrons. The second-order valence-electron chi connectivity index (χ2n) is 4.62. The van der Waals surface area contributed by atoms with Crippen LogP contribution in [-0.4, -0.2) is 29.1 Å². The van der Waals surface area contributed by atoms with Crippen LogP contribution in [0.3, 0.4) is 0 Å². The summed E-state index contributed by atoms with van der Waals surface area (Å²) in [6.07, 6.45) is 2.26. The second-order valence-corrected chi connectivity index (χ2v) is 5.00. The lowest BCUT2D eigenvalue weighted by molar-refractivity contribution is 0.245. The molecule has 0 bridgehead atoms. The number of benzene rings is 1. The molecule has 4 heteroatoms. The van der Waals surface area contributed by atoms with E-state index in [9.17, 15) is 0 Å². The number of rotatable bonds is 1. The molecule has 89 valence electrons. The molecule has 1 aromatic rings. The zero-order chi connectivity index (χ0) is 11.7. The number of anilines is 1. The Morgan fingerprint density at radius 3 is 2.82 bits per heavy atom. The van der Waals surface area contributed by atoms with Gasteiger partial charge in [0, 0.05) is 31.4 Å². The molecule has 2 aliphatic heterocycles. The van der Waals surface area contributed by atoms with E-state index >= 15 is 0 Å². The first kappa shape index (κ1) is 11.0. The summed E-state index contributed by atoms with van der Waals surface area (Å²) in [4.78, 5) is 2.33. The molecule has 17 heavy (non-hydrogen) atoms. The fourth-order valence-corrected chi connectivity index (χ4v) is 2.89. The molecular weight excluding hydrogens is 230 g/mol. The highest BCUT2D eigenvalue weighted by Gasteiger charge is 2.27. The average Bonchev–Trinajstić information content (AvgIpc) is 2.39.